The fourth-order valence-electron chi connectivity index (χ4n) is 3.09. The molecule has 1 spiro atoms. The molecule has 8 heteroatoms. The average Bonchev–Trinajstić information content (AvgIpc) is 2.72. The van der Waals surface area contributed by atoms with Crippen LogP contribution in [0.3, 0.4) is 0 Å². The molecule has 126 valence electrons. The number of alkyl halides is 3. The molecule has 1 aromatic rings. The molecule has 1 aromatic carbocycles. The molecule has 2 heterocycles. The number of benzene rings is 1. The van der Waals surface area contributed by atoms with Gasteiger partial charge in [0.25, 0.3) is 0 Å². The van der Waals surface area contributed by atoms with Gasteiger partial charge < -0.3 is 10.1 Å². The number of hydrogen-bond acceptors (Lipinski definition) is 4. The maximum atomic E-state index is 12.9. The fourth-order valence-corrected chi connectivity index (χ4v) is 3.09. The molecule has 0 bridgehead atoms. The number of piperidine rings is 1. The average molecular weight is 330 g/mol. The Morgan fingerprint density at radius 1 is 1.26 bits per heavy atom. The smallest absolute Gasteiger partial charge is 0.438 e. The summed E-state index contributed by atoms with van der Waals surface area (Å²) in [7, 11) is 0. The van der Waals surface area contributed by atoms with E-state index in [4.69, 9.17) is 4.74 Å². The van der Waals surface area contributed by atoms with E-state index >= 15 is 0 Å². The Kier molecular flexibility index (Phi) is 4.20. The Hall–Kier alpha value is -1.80. The van der Waals surface area contributed by atoms with Crippen molar-refractivity contribution in [1.82, 2.24) is 10.2 Å². The molecule has 1 N–H and O–H groups in total. The van der Waals surface area contributed by atoms with Crippen molar-refractivity contribution in [2.45, 2.75) is 37.6 Å². The van der Waals surface area contributed by atoms with Gasteiger partial charge in [0.1, 0.15) is 0 Å². The van der Waals surface area contributed by atoms with Crippen LogP contribution < -0.4 is 5.32 Å². The van der Waals surface area contributed by atoms with Crippen molar-refractivity contribution in [1.29, 1.82) is 0 Å². The summed E-state index contributed by atoms with van der Waals surface area (Å²) in [6, 6.07) is 8.80. The van der Waals surface area contributed by atoms with Crippen LogP contribution in [0, 0.1) is 0 Å². The van der Waals surface area contributed by atoms with E-state index in [1.165, 1.54) is 0 Å². The number of hydrogen-bond donors (Lipinski definition) is 1. The highest BCUT2D eigenvalue weighted by Gasteiger charge is 2.58. The number of nitrogens with one attached hydrogen (secondary N) is 1. The topological polar surface area (TPSA) is 50.8 Å². The fraction of sp³-hybridized carbons (Fsp3) is 0.533. The molecular formula is C15H17F3N2O3. The summed E-state index contributed by atoms with van der Waals surface area (Å²) in [5, 5.41) is 3.05. The van der Waals surface area contributed by atoms with E-state index < -0.39 is 24.3 Å². The number of halogens is 3. The van der Waals surface area contributed by atoms with Gasteiger partial charge in [-0.3, -0.25) is 9.64 Å². The van der Waals surface area contributed by atoms with Crippen molar-refractivity contribution in [2.24, 2.45) is 0 Å². The third kappa shape index (κ3) is 3.42. The molecule has 2 aliphatic heterocycles. The minimum absolute atomic E-state index is 0.00952. The van der Waals surface area contributed by atoms with Crippen LogP contribution in [0.5, 0.6) is 0 Å². The highest BCUT2D eigenvalue weighted by Crippen LogP contribution is 2.41. The monoisotopic (exact) mass is 330 g/mol. The van der Waals surface area contributed by atoms with Crippen molar-refractivity contribution >= 4 is 6.09 Å². The van der Waals surface area contributed by atoms with Gasteiger partial charge in [-0.25, -0.2) is 4.79 Å². The van der Waals surface area contributed by atoms with Gasteiger partial charge in [0.15, 0.2) is 11.8 Å². The summed E-state index contributed by atoms with van der Waals surface area (Å²) in [5.74, 6) is 0. The van der Waals surface area contributed by atoms with Crippen molar-refractivity contribution in [3.63, 3.8) is 0 Å². The highest BCUT2D eigenvalue weighted by atomic mass is 19.4. The molecule has 2 saturated heterocycles. The third-order valence-corrected chi connectivity index (χ3v) is 4.15. The van der Waals surface area contributed by atoms with Gasteiger partial charge in [-0.05, 0) is 18.7 Å². The van der Waals surface area contributed by atoms with Crippen LogP contribution in [-0.2, 0) is 16.0 Å². The third-order valence-electron chi connectivity index (χ3n) is 4.15. The van der Waals surface area contributed by atoms with Crippen LogP contribution in [0.1, 0.15) is 18.4 Å². The second kappa shape index (κ2) is 6.01. The van der Waals surface area contributed by atoms with Crippen molar-refractivity contribution in [3.8, 4) is 0 Å². The number of rotatable bonds is 3. The van der Waals surface area contributed by atoms with Crippen LogP contribution in [0.25, 0.3) is 0 Å². The van der Waals surface area contributed by atoms with E-state index in [1.54, 1.807) is 30.3 Å². The minimum Gasteiger partial charge on any atom is -0.438 e. The van der Waals surface area contributed by atoms with E-state index in [9.17, 15) is 18.0 Å². The normalized spacial score (nSPS) is 24.0. The number of amides is 1. The Morgan fingerprint density at radius 3 is 2.52 bits per heavy atom. The van der Waals surface area contributed by atoms with Gasteiger partial charge in [-0.2, -0.15) is 0 Å². The molecule has 1 unspecified atom stereocenters. The molecule has 2 aliphatic rings. The molecular weight excluding hydrogens is 313 g/mol. The van der Waals surface area contributed by atoms with Crippen LogP contribution in [0.15, 0.2) is 30.3 Å². The van der Waals surface area contributed by atoms with Gasteiger partial charge in [-0.15, -0.1) is 13.2 Å². The Balaban J connectivity index is 1.87. The van der Waals surface area contributed by atoms with E-state index in [1.807, 2.05) is 0 Å². The van der Waals surface area contributed by atoms with E-state index in [0.717, 1.165) is 4.90 Å². The Labute approximate surface area is 131 Å². The van der Waals surface area contributed by atoms with Crippen LogP contribution >= 0.6 is 0 Å². The number of ether oxygens (including phenoxy) is 2. The summed E-state index contributed by atoms with van der Waals surface area (Å²) in [6.07, 6.45) is -6.52. The molecule has 2 fully saturated rings. The van der Waals surface area contributed by atoms with Crippen LogP contribution in [0.2, 0.25) is 0 Å². The van der Waals surface area contributed by atoms with Gasteiger partial charge in [0.2, 0.25) is 0 Å². The first kappa shape index (κ1) is 16.1. The second-order valence-corrected chi connectivity index (χ2v) is 5.71. The lowest BCUT2D eigenvalue weighted by atomic mass is 9.90. The molecule has 3 rings (SSSR count). The minimum atomic E-state index is -4.84. The second-order valence-electron chi connectivity index (χ2n) is 5.71. The lowest BCUT2D eigenvalue weighted by Crippen LogP contribution is -2.54. The standard InChI is InChI=1S/C15H17F3N2O3/c16-15(17,18)22-12-14(6-8-19-9-7-14)23-13(21)20(12)10-11-4-2-1-3-5-11/h1-5,12,19H,6-10H2. The van der Waals surface area contributed by atoms with Gasteiger partial charge in [0, 0.05) is 12.8 Å². The molecule has 0 radical (unpaired) electrons. The quantitative estimate of drug-likeness (QED) is 0.926. The maximum Gasteiger partial charge on any atom is 0.524 e. The van der Waals surface area contributed by atoms with Gasteiger partial charge in [-0.1, -0.05) is 30.3 Å². The number of carbonyl (C=O) groups is 1. The first-order chi connectivity index (χ1) is 10.9. The van der Waals surface area contributed by atoms with Gasteiger partial charge in [0.05, 0.1) is 6.54 Å². The SMILES string of the molecule is O=C1OC2(CCNCC2)C(OC(F)(F)F)N1Cc1ccccc1. The molecule has 0 aliphatic carbocycles. The number of carbonyl (C=O) groups excluding carboxylic acids is 1. The lowest BCUT2D eigenvalue weighted by molar-refractivity contribution is -0.368. The predicted octanol–water partition coefficient (Wildman–Crippen LogP) is 2.62. The molecule has 1 atom stereocenters. The molecule has 1 amide bonds. The summed E-state index contributed by atoms with van der Waals surface area (Å²) in [4.78, 5) is 13.2. The summed E-state index contributed by atoms with van der Waals surface area (Å²) < 4.78 is 48.2. The molecule has 5 nitrogen and oxygen atoms in total. The maximum absolute atomic E-state index is 12.9. The summed E-state index contributed by atoms with van der Waals surface area (Å²) in [5.41, 5.74) is -0.543. The van der Waals surface area contributed by atoms with E-state index in [-0.39, 0.29) is 19.4 Å². The predicted molar refractivity (Wildman–Crippen MR) is 74.2 cm³/mol. The highest BCUT2D eigenvalue weighted by molar-refractivity contribution is 5.71. The Bertz CT molecular complexity index is 559. The largest absolute Gasteiger partial charge is 0.524 e. The van der Waals surface area contributed by atoms with Crippen molar-refractivity contribution in [2.75, 3.05) is 13.1 Å². The number of nitrogens with zero attached hydrogens (tertiary/aromatic N) is 1. The van der Waals surface area contributed by atoms with Crippen molar-refractivity contribution < 1.29 is 27.4 Å². The Morgan fingerprint density at radius 2 is 1.91 bits per heavy atom. The molecule has 0 saturated carbocycles. The zero-order valence-electron chi connectivity index (χ0n) is 12.3. The zero-order chi connectivity index (χ0) is 16.5. The van der Waals surface area contributed by atoms with Crippen LogP contribution in [-0.4, -0.2) is 42.3 Å². The molecule has 0 aromatic heterocycles. The first-order valence-electron chi connectivity index (χ1n) is 7.38. The van der Waals surface area contributed by atoms with E-state index in [0.29, 0.717) is 18.7 Å². The molecule has 23 heavy (non-hydrogen) atoms. The lowest BCUT2D eigenvalue weighted by Gasteiger charge is -2.37. The van der Waals surface area contributed by atoms with E-state index in [2.05, 4.69) is 10.1 Å². The van der Waals surface area contributed by atoms with Crippen molar-refractivity contribution in [3.05, 3.63) is 35.9 Å². The summed E-state index contributed by atoms with van der Waals surface area (Å²) in [6.45, 7) is 0.962. The van der Waals surface area contributed by atoms with Crippen LogP contribution in [0.4, 0.5) is 18.0 Å². The summed E-state index contributed by atoms with van der Waals surface area (Å²) >= 11 is 0. The van der Waals surface area contributed by atoms with Gasteiger partial charge >= 0.3 is 12.5 Å². The zero-order valence-corrected chi connectivity index (χ0v) is 12.3. The first-order valence-corrected chi connectivity index (χ1v) is 7.38.